The van der Waals surface area contributed by atoms with E-state index in [9.17, 15) is 9.59 Å². The normalized spacial score (nSPS) is 17.8. The van der Waals surface area contributed by atoms with Crippen LogP contribution in [0.25, 0.3) is 0 Å². The molecule has 0 unspecified atom stereocenters. The lowest BCUT2D eigenvalue weighted by atomic mass is 9.94. The van der Waals surface area contributed by atoms with Crippen molar-refractivity contribution >= 4 is 20.3 Å². The van der Waals surface area contributed by atoms with Crippen LogP contribution in [0.5, 0.6) is 11.5 Å². The highest BCUT2D eigenvalue weighted by Gasteiger charge is 2.46. The van der Waals surface area contributed by atoms with Crippen LogP contribution in [0.4, 0.5) is 4.79 Å². The minimum absolute atomic E-state index is 0.0795. The molecule has 2 aromatic rings. The molecule has 1 fully saturated rings. The molecular formula is C30H43NO6Si. The van der Waals surface area contributed by atoms with E-state index in [1.807, 2.05) is 69.3 Å². The van der Waals surface area contributed by atoms with Gasteiger partial charge in [0.25, 0.3) is 0 Å². The molecule has 208 valence electrons. The first-order chi connectivity index (χ1) is 17.8. The first-order valence-electron chi connectivity index (χ1n) is 13.3. The lowest BCUT2D eigenvalue weighted by molar-refractivity contribution is -0.136. The Hall–Kier alpha value is -2.84. The summed E-state index contributed by atoms with van der Waals surface area (Å²) in [5.74, 6) is 0.323. The maximum absolute atomic E-state index is 13.8. The van der Waals surface area contributed by atoms with Crippen molar-refractivity contribution in [1.29, 1.82) is 0 Å². The van der Waals surface area contributed by atoms with Crippen LogP contribution in [0, 0.1) is 11.8 Å². The molecule has 0 radical (unpaired) electrons. The van der Waals surface area contributed by atoms with Gasteiger partial charge in [0.15, 0.2) is 19.8 Å². The quantitative estimate of drug-likeness (QED) is 0.302. The highest BCUT2D eigenvalue weighted by atomic mass is 28.4. The van der Waals surface area contributed by atoms with Crippen LogP contribution < -0.4 is 9.47 Å². The van der Waals surface area contributed by atoms with Crippen LogP contribution in [-0.2, 0) is 20.6 Å². The maximum Gasteiger partial charge on any atom is 0.416 e. The third-order valence-corrected chi connectivity index (χ3v) is 12.2. The van der Waals surface area contributed by atoms with E-state index < -0.39 is 26.4 Å². The Bertz CT molecular complexity index is 1110. The average molecular weight is 542 g/mol. The first kappa shape index (κ1) is 29.7. The summed E-state index contributed by atoms with van der Waals surface area (Å²) in [5.41, 5.74) is 1.85. The molecule has 0 bridgehead atoms. The van der Waals surface area contributed by atoms with Crippen LogP contribution >= 0.6 is 0 Å². The largest absolute Gasteiger partial charge is 0.493 e. The summed E-state index contributed by atoms with van der Waals surface area (Å²) in [6, 6.07) is 15.3. The van der Waals surface area contributed by atoms with Crippen molar-refractivity contribution in [3.05, 3.63) is 59.7 Å². The molecule has 0 saturated carbocycles. The Kier molecular flexibility index (Phi) is 9.31. The number of methoxy groups -OCH3 is 1. The van der Waals surface area contributed by atoms with Gasteiger partial charge in [0, 0.05) is 0 Å². The second-order valence-electron chi connectivity index (χ2n) is 11.9. The van der Waals surface area contributed by atoms with Gasteiger partial charge >= 0.3 is 6.09 Å². The fourth-order valence-corrected chi connectivity index (χ4v) is 5.53. The lowest BCUT2D eigenvalue weighted by Crippen LogP contribution is -2.48. The molecule has 0 spiro atoms. The summed E-state index contributed by atoms with van der Waals surface area (Å²) in [4.78, 5) is 27.7. The van der Waals surface area contributed by atoms with Gasteiger partial charge in [0.2, 0.25) is 5.91 Å². The van der Waals surface area contributed by atoms with Gasteiger partial charge in [0.1, 0.15) is 13.2 Å². The van der Waals surface area contributed by atoms with Crippen LogP contribution in [0.15, 0.2) is 48.5 Å². The summed E-state index contributed by atoms with van der Waals surface area (Å²) in [5, 5.41) is -0.0795. The van der Waals surface area contributed by atoms with E-state index in [2.05, 4.69) is 33.9 Å². The molecule has 38 heavy (non-hydrogen) atoms. The summed E-state index contributed by atoms with van der Waals surface area (Å²) in [7, 11) is -0.717. The Morgan fingerprint density at radius 1 is 1.08 bits per heavy atom. The fraction of sp³-hybridized carbons (Fsp3) is 0.533. The molecule has 1 aliphatic heterocycles. The number of imide groups is 1. The number of cyclic esters (lactones) is 1. The van der Waals surface area contributed by atoms with E-state index in [1.54, 1.807) is 7.11 Å². The smallest absolute Gasteiger partial charge is 0.416 e. The number of benzene rings is 2. The molecule has 0 aliphatic carbocycles. The van der Waals surface area contributed by atoms with E-state index in [1.165, 1.54) is 4.90 Å². The summed E-state index contributed by atoms with van der Waals surface area (Å²) >= 11 is 0. The Labute approximate surface area is 228 Å². The van der Waals surface area contributed by atoms with E-state index >= 15 is 0 Å². The molecule has 1 saturated heterocycles. The molecule has 0 aromatic heterocycles. The topological polar surface area (TPSA) is 74.3 Å². The monoisotopic (exact) mass is 541 g/mol. The Morgan fingerprint density at radius 3 is 2.32 bits per heavy atom. The molecule has 2 amide bonds. The number of carbonyl (C=O) groups is 2. The molecular weight excluding hydrogens is 498 g/mol. The van der Waals surface area contributed by atoms with Gasteiger partial charge in [0.05, 0.1) is 25.2 Å². The van der Waals surface area contributed by atoms with E-state index in [-0.39, 0.29) is 29.5 Å². The van der Waals surface area contributed by atoms with Crippen molar-refractivity contribution in [2.75, 3.05) is 13.7 Å². The highest BCUT2D eigenvalue weighted by Crippen LogP contribution is 2.43. The van der Waals surface area contributed by atoms with Gasteiger partial charge in [-0.05, 0) is 47.3 Å². The van der Waals surface area contributed by atoms with Gasteiger partial charge in [-0.25, -0.2) is 9.69 Å². The van der Waals surface area contributed by atoms with Gasteiger partial charge in [-0.3, -0.25) is 4.79 Å². The SMILES string of the molecule is COc1cc([C@@H](O[Si](C)(C)C(C)(C)C)[C@H](C)C(=O)N2C(=O)OC[C@@H]2C(C)C)ccc1OCc1ccccc1. The van der Waals surface area contributed by atoms with Crippen molar-refractivity contribution in [2.24, 2.45) is 11.8 Å². The zero-order valence-corrected chi connectivity index (χ0v) is 25.2. The zero-order valence-electron chi connectivity index (χ0n) is 24.2. The predicted octanol–water partition coefficient (Wildman–Crippen LogP) is 6.98. The number of rotatable bonds is 10. The maximum atomic E-state index is 13.8. The minimum Gasteiger partial charge on any atom is -0.493 e. The van der Waals surface area contributed by atoms with Crippen LogP contribution in [0.1, 0.15) is 58.8 Å². The van der Waals surface area contributed by atoms with Crippen LogP contribution in [-0.4, -0.2) is 45.0 Å². The zero-order chi connectivity index (χ0) is 28.3. The molecule has 8 heteroatoms. The molecule has 2 aromatic carbocycles. The summed E-state index contributed by atoms with van der Waals surface area (Å²) in [6.45, 7) is 17.2. The van der Waals surface area contributed by atoms with Crippen LogP contribution in [0.3, 0.4) is 0 Å². The van der Waals surface area contributed by atoms with E-state index in [4.69, 9.17) is 18.6 Å². The van der Waals surface area contributed by atoms with Crippen molar-refractivity contribution in [1.82, 2.24) is 4.90 Å². The van der Waals surface area contributed by atoms with Gasteiger partial charge in [-0.15, -0.1) is 0 Å². The predicted molar refractivity (Wildman–Crippen MR) is 151 cm³/mol. The number of nitrogens with zero attached hydrogens (tertiary/aromatic N) is 1. The average Bonchev–Trinajstić information content (AvgIpc) is 3.26. The van der Waals surface area contributed by atoms with Gasteiger partial charge < -0.3 is 18.6 Å². The summed E-state index contributed by atoms with van der Waals surface area (Å²) < 4.78 is 23.9. The van der Waals surface area contributed by atoms with Crippen molar-refractivity contribution in [3.8, 4) is 11.5 Å². The Morgan fingerprint density at radius 2 is 1.74 bits per heavy atom. The van der Waals surface area contributed by atoms with Crippen molar-refractivity contribution in [3.63, 3.8) is 0 Å². The first-order valence-corrected chi connectivity index (χ1v) is 16.2. The third kappa shape index (κ3) is 6.59. The molecule has 3 atom stereocenters. The van der Waals surface area contributed by atoms with E-state index in [0.717, 1.165) is 11.1 Å². The van der Waals surface area contributed by atoms with Crippen LogP contribution in [0.2, 0.25) is 18.1 Å². The van der Waals surface area contributed by atoms with Crippen molar-refractivity contribution < 1.29 is 28.2 Å². The molecule has 3 rings (SSSR count). The number of hydrogen-bond donors (Lipinski definition) is 0. The molecule has 1 heterocycles. The Balaban J connectivity index is 1.96. The van der Waals surface area contributed by atoms with Gasteiger partial charge in [-0.1, -0.05) is 77.9 Å². The second-order valence-corrected chi connectivity index (χ2v) is 16.6. The highest BCUT2D eigenvalue weighted by molar-refractivity contribution is 6.74. The molecule has 0 N–H and O–H groups in total. The summed E-state index contributed by atoms with van der Waals surface area (Å²) in [6.07, 6.45) is -1.17. The van der Waals surface area contributed by atoms with Crippen molar-refractivity contribution in [2.45, 2.75) is 78.4 Å². The number of hydrogen-bond acceptors (Lipinski definition) is 6. The minimum atomic E-state index is -2.31. The standard InChI is InChI=1S/C30H43NO6Si/c1-20(2)24-19-36-29(33)31(24)28(32)21(3)27(37-38(8,9)30(4,5)6)23-15-16-25(26(17-23)34-7)35-18-22-13-11-10-12-14-22/h10-17,20-21,24,27H,18-19H2,1-9H3/t21-,24+,27-/m0/s1. The lowest BCUT2D eigenvalue weighted by Gasteiger charge is -2.41. The van der Waals surface area contributed by atoms with E-state index in [0.29, 0.717) is 18.1 Å². The second kappa shape index (κ2) is 11.9. The number of amides is 2. The fourth-order valence-electron chi connectivity index (χ4n) is 4.20. The molecule has 1 aliphatic rings. The number of carbonyl (C=O) groups excluding carboxylic acids is 2. The third-order valence-electron chi connectivity index (χ3n) is 7.74. The number of ether oxygens (including phenoxy) is 3. The molecule has 7 nitrogen and oxygen atoms in total. The van der Waals surface area contributed by atoms with Gasteiger partial charge in [-0.2, -0.15) is 0 Å².